The summed E-state index contributed by atoms with van der Waals surface area (Å²) in [6.07, 6.45) is 0. The van der Waals surface area contributed by atoms with Crippen LogP contribution in [0.1, 0.15) is 28.5 Å². The standard InChI is InChI=1S/C20H19ClN2O5S/c1-10-6-11(2)8-14(7-10)29(27,28)18-15-9-13(21)4-5-16(15)23-17(18)19(24)22-12(3)20(25)26/h4-9,12,23H,1-3H3,(H,22,24)(H,25,26). The van der Waals surface area contributed by atoms with Crippen LogP contribution in [-0.2, 0) is 14.6 Å². The van der Waals surface area contributed by atoms with E-state index in [1.54, 1.807) is 26.0 Å². The first-order valence-corrected chi connectivity index (χ1v) is 10.5. The van der Waals surface area contributed by atoms with Gasteiger partial charge in [0.2, 0.25) is 9.84 Å². The van der Waals surface area contributed by atoms with Crippen LogP contribution in [-0.4, -0.2) is 36.4 Å². The molecule has 0 aliphatic carbocycles. The molecule has 3 N–H and O–H groups in total. The Hall–Kier alpha value is -2.84. The first-order valence-electron chi connectivity index (χ1n) is 8.69. The van der Waals surface area contributed by atoms with Crippen molar-refractivity contribution in [3.8, 4) is 0 Å². The highest BCUT2D eigenvalue weighted by Crippen LogP contribution is 2.34. The molecule has 0 aliphatic rings. The van der Waals surface area contributed by atoms with Gasteiger partial charge in [-0.25, -0.2) is 8.42 Å². The van der Waals surface area contributed by atoms with E-state index in [0.29, 0.717) is 10.5 Å². The zero-order valence-electron chi connectivity index (χ0n) is 15.9. The summed E-state index contributed by atoms with van der Waals surface area (Å²) in [5, 5.41) is 11.9. The van der Waals surface area contributed by atoms with Crippen LogP contribution in [0.25, 0.3) is 10.9 Å². The number of hydrogen-bond acceptors (Lipinski definition) is 4. The highest BCUT2D eigenvalue weighted by atomic mass is 35.5. The van der Waals surface area contributed by atoms with E-state index in [0.717, 1.165) is 11.1 Å². The second kappa shape index (κ2) is 7.53. The highest BCUT2D eigenvalue weighted by molar-refractivity contribution is 7.91. The van der Waals surface area contributed by atoms with Crippen LogP contribution in [0.3, 0.4) is 0 Å². The minimum Gasteiger partial charge on any atom is -0.480 e. The number of carbonyl (C=O) groups excluding carboxylic acids is 1. The van der Waals surface area contributed by atoms with Gasteiger partial charge in [0.25, 0.3) is 5.91 Å². The lowest BCUT2D eigenvalue weighted by Crippen LogP contribution is -2.39. The lowest BCUT2D eigenvalue weighted by atomic mass is 10.2. The van der Waals surface area contributed by atoms with Gasteiger partial charge >= 0.3 is 5.97 Å². The Morgan fingerprint density at radius 3 is 2.31 bits per heavy atom. The molecule has 2 aromatic carbocycles. The van der Waals surface area contributed by atoms with Crippen LogP contribution in [0.4, 0.5) is 0 Å². The number of amides is 1. The summed E-state index contributed by atoms with van der Waals surface area (Å²) in [5.41, 5.74) is 1.67. The first kappa shape index (κ1) is 20.9. The van der Waals surface area contributed by atoms with Crippen LogP contribution in [0, 0.1) is 13.8 Å². The Morgan fingerprint density at radius 1 is 1.10 bits per heavy atom. The summed E-state index contributed by atoms with van der Waals surface area (Å²) >= 11 is 6.06. The van der Waals surface area contributed by atoms with Gasteiger partial charge in [-0.05, 0) is 62.2 Å². The number of halogens is 1. The van der Waals surface area contributed by atoms with Gasteiger partial charge in [-0.3, -0.25) is 9.59 Å². The fourth-order valence-electron chi connectivity index (χ4n) is 3.11. The van der Waals surface area contributed by atoms with E-state index >= 15 is 0 Å². The van der Waals surface area contributed by atoms with Crippen molar-refractivity contribution in [1.29, 1.82) is 0 Å². The Kier molecular flexibility index (Phi) is 5.42. The number of fused-ring (bicyclic) bond motifs is 1. The van der Waals surface area contributed by atoms with E-state index in [4.69, 9.17) is 16.7 Å². The molecule has 0 spiro atoms. The molecule has 0 saturated carbocycles. The van der Waals surface area contributed by atoms with Crippen molar-refractivity contribution in [3.63, 3.8) is 0 Å². The number of aromatic nitrogens is 1. The molecule has 0 aliphatic heterocycles. The predicted octanol–water partition coefficient (Wildman–Crippen LogP) is 3.47. The lowest BCUT2D eigenvalue weighted by molar-refractivity contribution is -0.138. The van der Waals surface area contributed by atoms with E-state index in [1.807, 2.05) is 6.07 Å². The second-order valence-corrected chi connectivity index (χ2v) is 9.20. The third kappa shape index (κ3) is 3.99. The topological polar surface area (TPSA) is 116 Å². The van der Waals surface area contributed by atoms with Gasteiger partial charge in [-0.15, -0.1) is 0 Å². The van der Waals surface area contributed by atoms with Gasteiger partial charge < -0.3 is 15.4 Å². The predicted molar refractivity (Wildman–Crippen MR) is 109 cm³/mol. The van der Waals surface area contributed by atoms with Crippen LogP contribution < -0.4 is 5.32 Å². The molecule has 7 nitrogen and oxygen atoms in total. The molecule has 3 rings (SSSR count). The maximum absolute atomic E-state index is 13.5. The smallest absolute Gasteiger partial charge is 0.325 e. The largest absolute Gasteiger partial charge is 0.480 e. The molecule has 1 heterocycles. The molecule has 152 valence electrons. The summed E-state index contributed by atoms with van der Waals surface area (Å²) in [6.45, 7) is 4.85. The fourth-order valence-corrected chi connectivity index (χ4v) is 5.08. The average molecular weight is 435 g/mol. The molecule has 9 heteroatoms. The third-order valence-electron chi connectivity index (χ3n) is 4.43. The van der Waals surface area contributed by atoms with Gasteiger partial charge in [0.05, 0.1) is 4.90 Å². The lowest BCUT2D eigenvalue weighted by Gasteiger charge is -2.11. The van der Waals surface area contributed by atoms with Gasteiger partial charge in [-0.1, -0.05) is 17.7 Å². The van der Waals surface area contributed by atoms with Crippen molar-refractivity contribution in [3.05, 3.63) is 58.2 Å². The fraction of sp³-hybridized carbons (Fsp3) is 0.200. The maximum atomic E-state index is 13.5. The van der Waals surface area contributed by atoms with Crippen molar-refractivity contribution in [2.24, 2.45) is 0 Å². The average Bonchev–Trinajstić information content (AvgIpc) is 3.00. The number of carboxylic acids is 1. The van der Waals surface area contributed by atoms with Gasteiger partial charge in [0.1, 0.15) is 16.6 Å². The van der Waals surface area contributed by atoms with Crippen molar-refractivity contribution < 1.29 is 23.1 Å². The number of aromatic amines is 1. The summed E-state index contributed by atoms with van der Waals surface area (Å²) < 4.78 is 27.0. The van der Waals surface area contributed by atoms with E-state index in [-0.39, 0.29) is 20.9 Å². The number of hydrogen-bond donors (Lipinski definition) is 3. The number of H-pyrrole nitrogens is 1. The maximum Gasteiger partial charge on any atom is 0.325 e. The van der Waals surface area contributed by atoms with Gasteiger partial charge in [0, 0.05) is 15.9 Å². The van der Waals surface area contributed by atoms with Gasteiger partial charge in [-0.2, -0.15) is 0 Å². The molecule has 1 aromatic heterocycles. The minimum absolute atomic E-state index is 0.0382. The highest BCUT2D eigenvalue weighted by Gasteiger charge is 2.31. The van der Waals surface area contributed by atoms with Gasteiger partial charge in [0.15, 0.2) is 0 Å². The first-order chi connectivity index (χ1) is 13.5. The van der Waals surface area contributed by atoms with Crippen LogP contribution >= 0.6 is 11.6 Å². The van der Waals surface area contributed by atoms with Crippen LogP contribution in [0.2, 0.25) is 5.02 Å². The Labute approximate surface area is 172 Å². The van der Waals surface area contributed by atoms with Crippen LogP contribution in [0.15, 0.2) is 46.2 Å². The van der Waals surface area contributed by atoms with E-state index in [2.05, 4.69) is 10.3 Å². The molecular formula is C20H19ClN2O5S. The van der Waals surface area contributed by atoms with E-state index in [9.17, 15) is 18.0 Å². The zero-order chi connectivity index (χ0) is 21.5. The Morgan fingerprint density at radius 2 is 1.72 bits per heavy atom. The summed E-state index contributed by atoms with van der Waals surface area (Å²) in [6, 6.07) is 8.27. The molecule has 1 atom stereocenters. The molecular weight excluding hydrogens is 416 g/mol. The minimum atomic E-state index is -4.11. The number of carbonyl (C=O) groups is 2. The molecule has 0 saturated heterocycles. The zero-order valence-corrected chi connectivity index (χ0v) is 17.5. The van der Waals surface area contributed by atoms with Crippen molar-refractivity contribution in [2.45, 2.75) is 36.6 Å². The summed E-state index contributed by atoms with van der Waals surface area (Å²) in [7, 11) is -4.11. The van der Waals surface area contributed by atoms with Crippen LogP contribution in [0.5, 0.6) is 0 Å². The number of nitrogens with one attached hydrogen (secondary N) is 2. The third-order valence-corrected chi connectivity index (χ3v) is 6.49. The number of sulfone groups is 1. The molecule has 0 fully saturated rings. The Bertz CT molecular complexity index is 1230. The molecule has 0 bridgehead atoms. The number of benzene rings is 2. The molecule has 1 unspecified atom stereocenters. The number of rotatable bonds is 5. The summed E-state index contributed by atoms with van der Waals surface area (Å²) in [5.74, 6) is -2.08. The molecule has 0 radical (unpaired) electrons. The van der Waals surface area contributed by atoms with E-state index < -0.39 is 27.8 Å². The quantitative estimate of drug-likeness (QED) is 0.568. The summed E-state index contributed by atoms with van der Waals surface area (Å²) in [4.78, 5) is 26.4. The monoisotopic (exact) mass is 434 g/mol. The van der Waals surface area contributed by atoms with Crippen molar-refractivity contribution in [2.75, 3.05) is 0 Å². The molecule has 29 heavy (non-hydrogen) atoms. The van der Waals surface area contributed by atoms with Crippen molar-refractivity contribution >= 4 is 44.2 Å². The SMILES string of the molecule is Cc1cc(C)cc(S(=O)(=O)c2c(C(=O)NC(C)C(=O)O)[nH]c3ccc(Cl)cc23)c1. The molecule has 1 amide bonds. The molecule has 3 aromatic rings. The Balaban J connectivity index is 2.28. The number of aliphatic carboxylic acids is 1. The number of aryl methyl sites for hydroxylation is 2. The number of carboxylic acid groups (broad SMARTS) is 1. The second-order valence-electron chi connectivity index (χ2n) is 6.88. The van der Waals surface area contributed by atoms with Crippen molar-refractivity contribution in [1.82, 2.24) is 10.3 Å². The normalized spacial score (nSPS) is 12.7. The van der Waals surface area contributed by atoms with E-state index in [1.165, 1.54) is 25.1 Å².